The molecule has 1 aliphatic rings. The van der Waals surface area contributed by atoms with E-state index in [-0.39, 0.29) is 0 Å². The van der Waals surface area contributed by atoms with Gasteiger partial charge in [0.05, 0.1) is 7.11 Å². The molecular weight excluding hydrogens is 262 g/mol. The normalized spacial score (nSPS) is 23.0. The molecule has 0 amide bonds. The van der Waals surface area contributed by atoms with Crippen LogP contribution in [0.15, 0.2) is 29.3 Å². The molecule has 4 nitrogen and oxygen atoms in total. The van der Waals surface area contributed by atoms with Gasteiger partial charge in [-0.15, -0.1) is 0 Å². The van der Waals surface area contributed by atoms with Crippen molar-refractivity contribution in [1.82, 2.24) is 10.2 Å². The van der Waals surface area contributed by atoms with Gasteiger partial charge in [0, 0.05) is 26.7 Å². The topological polar surface area (TPSA) is 36.9 Å². The summed E-state index contributed by atoms with van der Waals surface area (Å²) in [6.45, 7) is 7.57. The highest BCUT2D eigenvalue weighted by molar-refractivity contribution is 5.80. The van der Waals surface area contributed by atoms with Crippen LogP contribution >= 0.6 is 0 Å². The second kappa shape index (κ2) is 7.34. The molecule has 0 saturated carbocycles. The Bertz CT molecular complexity index is 477. The van der Waals surface area contributed by atoms with Crippen molar-refractivity contribution < 1.29 is 4.74 Å². The highest BCUT2D eigenvalue weighted by Crippen LogP contribution is 2.21. The fraction of sp³-hybridized carbons (Fsp3) is 0.588. The molecule has 1 fully saturated rings. The molecule has 2 rings (SSSR count). The van der Waals surface area contributed by atoms with E-state index >= 15 is 0 Å². The van der Waals surface area contributed by atoms with Crippen LogP contribution < -0.4 is 10.1 Å². The van der Waals surface area contributed by atoms with Crippen molar-refractivity contribution in [2.45, 2.75) is 26.8 Å². The van der Waals surface area contributed by atoms with Crippen LogP contribution in [0.5, 0.6) is 5.75 Å². The van der Waals surface area contributed by atoms with Crippen molar-refractivity contribution in [3.05, 3.63) is 29.8 Å². The van der Waals surface area contributed by atoms with Gasteiger partial charge in [0.1, 0.15) is 5.75 Å². The largest absolute Gasteiger partial charge is 0.497 e. The SMILES string of the molecule is CN=C(NCc1cccc(OC)c1)N1CC(C)CC(C)C1. The molecule has 4 heteroatoms. The van der Waals surface area contributed by atoms with E-state index in [1.54, 1.807) is 7.11 Å². The highest BCUT2D eigenvalue weighted by Gasteiger charge is 2.23. The van der Waals surface area contributed by atoms with E-state index in [1.165, 1.54) is 12.0 Å². The molecule has 1 aromatic rings. The number of nitrogens with one attached hydrogen (secondary N) is 1. The average molecular weight is 289 g/mol. The number of hydrogen-bond acceptors (Lipinski definition) is 2. The van der Waals surface area contributed by atoms with E-state index in [2.05, 4.69) is 41.2 Å². The first-order valence-electron chi connectivity index (χ1n) is 7.71. The maximum atomic E-state index is 5.26. The van der Waals surface area contributed by atoms with Crippen LogP contribution in [-0.2, 0) is 6.54 Å². The Morgan fingerprint density at radius 1 is 1.33 bits per heavy atom. The third kappa shape index (κ3) is 4.38. The zero-order chi connectivity index (χ0) is 15.2. The molecule has 1 N–H and O–H groups in total. The molecule has 0 bridgehead atoms. The van der Waals surface area contributed by atoms with Crippen molar-refractivity contribution >= 4 is 5.96 Å². The molecule has 0 radical (unpaired) electrons. The lowest BCUT2D eigenvalue weighted by Gasteiger charge is -2.37. The van der Waals surface area contributed by atoms with Crippen LogP contribution in [0.2, 0.25) is 0 Å². The van der Waals surface area contributed by atoms with Crippen LogP contribution in [0.25, 0.3) is 0 Å². The van der Waals surface area contributed by atoms with E-state index in [1.807, 2.05) is 19.2 Å². The predicted molar refractivity (Wildman–Crippen MR) is 87.7 cm³/mol. The van der Waals surface area contributed by atoms with Crippen molar-refractivity contribution in [3.8, 4) is 5.75 Å². The Labute approximate surface area is 128 Å². The van der Waals surface area contributed by atoms with Gasteiger partial charge >= 0.3 is 0 Å². The lowest BCUT2D eigenvalue weighted by Crippen LogP contribution is -2.48. The third-order valence-corrected chi connectivity index (χ3v) is 3.96. The minimum Gasteiger partial charge on any atom is -0.497 e. The molecular formula is C17H27N3O. The van der Waals surface area contributed by atoms with E-state index < -0.39 is 0 Å². The van der Waals surface area contributed by atoms with Crippen LogP contribution in [0.3, 0.4) is 0 Å². The number of ether oxygens (including phenoxy) is 1. The smallest absolute Gasteiger partial charge is 0.193 e. The highest BCUT2D eigenvalue weighted by atomic mass is 16.5. The number of methoxy groups -OCH3 is 1. The third-order valence-electron chi connectivity index (χ3n) is 3.96. The summed E-state index contributed by atoms with van der Waals surface area (Å²) in [5, 5.41) is 3.47. The summed E-state index contributed by atoms with van der Waals surface area (Å²) in [7, 11) is 3.56. The van der Waals surface area contributed by atoms with Gasteiger partial charge in [-0.1, -0.05) is 26.0 Å². The molecule has 0 aliphatic carbocycles. The van der Waals surface area contributed by atoms with Gasteiger partial charge in [0.25, 0.3) is 0 Å². The number of benzene rings is 1. The second-order valence-corrected chi connectivity index (χ2v) is 6.10. The zero-order valence-electron chi connectivity index (χ0n) is 13.6. The number of aliphatic imine (C=N–C) groups is 1. The average Bonchev–Trinajstić information content (AvgIpc) is 2.47. The molecule has 2 unspecified atom stereocenters. The van der Waals surface area contributed by atoms with Crippen LogP contribution in [0, 0.1) is 11.8 Å². The fourth-order valence-corrected chi connectivity index (χ4v) is 3.13. The number of likely N-dealkylation sites (tertiary alicyclic amines) is 1. The Kier molecular flexibility index (Phi) is 5.48. The lowest BCUT2D eigenvalue weighted by molar-refractivity contribution is 0.208. The Balaban J connectivity index is 1.96. The molecule has 1 saturated heterocycles. The van der Waals surface area contributed by atoms with Crippen molar-refractivity contribution in [2.75, 3.05) is 27.2 Å². The summed E-state index contributed by atoms with van der Waals surface area (Å²) < 4.78 is 5.26. The standard InChI is InChI=1S/C17H27N3O/c1-13-8-14(2)12-20(11-13)17(18-3)19-10-15-6-5-7-16(9-15)21-4/h5-7,9,13-14H,8,10-12H2,1-4H3,(H,18,19). The predicted octanol–water partition coefficient (Wildman–Crippen LogP) is 2.75. The molecule has 0 spiro atoms. The van der Waals surface area contributed by atoms with E-state index in [0.717, 1.165) is 43.2 Å². The molecule has 2 atom stereocenters. The van der Waals surface area contributed by atoms with E-state index in [0.29, 0.717) is 0 Å². The number of nitrogens with zero attached hydrogens (tertiary/aromatic N) is 2. The summed E-state index contributed by atoms with van der Waals surface area (Å²) in [6, 6.07) is 8.14. The van der Waals surface area contributed by atoms with Crippen LogP contribution in [0.1, 0.15) is 25.8 Å². The van der Waals surface area contributed by atoms with Gasteiger partial charge < -0.3 is 15.0 Å². The van der Waals surface area contributed by atoms with Crippen molar-refractivity contribution in [2.24, 2.45) is 16.8 Å². The fourth-order valence-electron chi connectivity index (χ4n) is 3.13. The molecule has 116 valence electrons. The minimum absolute atomic E-state index is 0.726. The van der Waals surface area contributed by atoms with Crippen LogP contribution in [-0.4, -0.2) is 38.1 Å². The lowest BCUT2D eigenvalue weighted by atomic mass is 9.92. The van der Waals surface area contributed by atoms with Crippen molar-refractivity contribution in [1.29, 1.82) is 0 Å². The Morgan fingerprint density at radius 3 is 2.67 bits per heavy atom. The molecule has 21 heavy (non-hydrogen) atoms. The van der Waals surface area contributed by atoms with Crippen molar-refractivity contribution in [3.63, 3.8) is 0 Å². The van der Waals surface area contributed by atoms with Gasteiger partial charge in [-0.05, 0) is 36.0 Å². The van der Waals surface area contributed by atoms with E-state index in [9.17, 15) is 0 Å². The first-order valence-corrected chi connectivity index (χ1v) is 7.71. The number of rotatable bonds is 3. The summed E-state index contributed by atoms with van der Waals surface area (Å²) in [5.74, 6) is 3.34. The Morgan fingerprint density at radius 2 is 2.05 bits per heavy atom. The summed E-state index contributed by atoms with van der Waals surface area (Å²) in [5.41, 5.74) is 1.20. The first kappa shape index (κ1) is 15.7. The summed E-state index contributed by atoms with van der Waals surface area (Å²) in [6.07, 6.45) is 1.31. The summed E-state index contributed by atoms with van der Waals surface area (Å²) >= 11 is 0. The Hall–Kier alpha value is -1.71. The molecule has 1 aliphatic heterocycles. The minimum atomic E-state index is 0.726. The van der Waals surface area contributed by atoms with E-state index in [4.69, 9.17) is 4.74 Å². The molecule has 1 heterocycles. The van der Waals surface area contributed by atoms with Gasteiger partial charge in [0.2, 0.25) is 0 Å². The van der Waals surface area contributed by atoms with Gasteiger partial charge in [0.15, 0.2) is 5.96 Å². The monoisotopic (exact) mass is 289 g/mol. The molecule has 1 aromatic carbocycles. The van der Waals surface area contributed by atoms with Gasteiger partial charge in [-0.2, -0.15) is 0 Å². The second-order valence-electron chi connectivity index (χ2n) is 6.10. The van der Waals surface area contributed by atoms with Crippen LogP contribution in [0.4, 0.5) is 0 Å². The summed E-state index contributed by atoms with van der Waals surface area (Å²) in [4.78, 5) is 6.81. The first-order chi connectivity index (χ1) is 10.1. The number of piperidine rings is 1. The van der Waals surface area contributed by atoms with Gasteiger partial charge in [-0.3, -0.25) is 4.99 Å². The molecule has 0 aromatic heterocycles. The maximum Gasteiger partial charge on any atom is 0.193 e. The quantitative estimate of drug-likeness (QED) is 0.686. The number of guanidine groups is 1. The van der Waals surface area contributed by atoms with Gasteiger partial charge in [-0.25, -0.2) is 0 Å². The number of hydrogen-bond donors (Lipinski definition) is 1. The maximum absolute atomic E-state index is 5.26. The zero-order valence-corrected chi connectivity index (χ0v) is 13.6.